The molecule has 14 heavy (non-hydrogen) atoms. The zero-order valence-corrected chi connectivity index (χ0v) is 8.23. The molecule has 0 bridgehead atoms. The molecule has 0 unspecified atom stereocenters. The highest BCUT2D eigenvalue weighted by Gasteiger charge is 2.13. The van der Waals surface area contributed by atoms with E-state index in [4.69, 9.17) is 19.5 Å². The van der Waals surface area contributed by atoms with Gasteiger partial charge in [0.1, 0.15) is 11.5 Å². The van der Waals surface area contributed by atoms with Crippen molar-refractivity contribution in [3.05, 3.63) is 18.2 Å². The highest BCUT2D eigenvalue weighted by Crippen LogP contribution is 2.17. The summed E-state index contributed by atoms with van der Waals surface area (Å²) in [7, 11) is 0.00259. The molecular formula is C9H13BO4. The van der Waals surface area contributed by atoms with Crippen LogP contribution in [0.15, 0.2) is 18.2 Å². The maximum absolute atomic E-state index is 8.98. The van der Waals surface area contributed by atoms with E-state index in [9.17, 15) is 0 Å². The van der Waals surface area contributed by atoms with E-state index in [1.807, 2.05) is 6.92 Å². The maximum Gasteiger partial charge on any atom is 0.488 e. The number of hydrogen-bond acceptors (Lipinski definition) is 4. The normalized spacial score (nSPS) is 9.71. The SMILES string of the molecule is CCOc1cc(OC)cc(B(O)O)c1. The van der Waals surface area contributed by atoms with Crippen molar-refractivity contribution in [1.29, 1.82) is 0 Å². The van der Waals surface area contributed by atoms with Crippen molar-refractivity contribution in [1.82, 2.24) is 0 Å². The van der Waals surface area contributed by atoms with Gasteiger partial charge >= 0.3 is 7.12 Å². The lowest BCUT2D eigenvalue weighted by Crippen LogP contribution is -2.29. The summed E-state index contributed by atoms with van der Waals surface area (Å²) in [4.78, 5) is 0. The zero-order chi connectivity index (χ0) is 10.6. The van der Waals surface area contributed by atoms with Gasteiger partial charge in [0.05, 0.1) is 13.7 Å². The van der Waals surface area contributed by atoms with Gasteiger partial charge in [-0.1, -0.05) is 0 Å². The summed E-state index contributed by atoms with van der Waals surface area (Å²) in [5, 5.41) is 18.0. The van der Waals surface area contributed by atoms with Crippen molar-refractivity contribution < 1.29 is 19.5 Å². The minimum absolute atomic E-state index is 0.354. The Balaban J connectivity index is 3.00. The van der Waals surface area contributed by atoms with Gasteiger partial charge in [0.15, 0.2) is 0 Å². The van der Waals surface area contributed by atoms with Crippen LogP contribution in [0, 0.1) is 0 Å². The third-order valence-corrected chi connectivity index (χ3v) is 1.75. The Kier molecular flexibility index (Phi) is 3.79. The van der Waals surface area contributed by atoms with E-state index in [0.717, 1.165) is 0 Å². The molecular weight excluding hydrogens is 183 g/mol. The van der Waals surface area contributed by atoms with E-state index in [-0.39, 0.29) is 0 Å². The van der Waals surface area contributed by atoms with Crippen LogP contribution in [-0.2, 0) is 0 Å². The van der Waals surface area contributed by atoms with Crippen LogP contribution in [-0.4, -0.2) is 30.9 Å². The Morgan fingerprint density at radius 2 is 1.86 bits per heavy atom. The van der Waals surface area contributed by atoms with Crippen LogP contribution in [0.4, 0.5) is 0 Å². The van der Waals surface area contributed by atoms with Gasteiger partial charge in [-0.05, 0) is 24.5 Å². The average molecular weight is 196 g/mol. The molecule has 0 saturated carbocycles. The molecule has 0 amide bonds. The molecule has 0 radical (unpaired) electrons. The monoisotopic (exact) mass is 196 g/mol. The van der Waals surface area contributed by atoms with Gasteiger partial charge in [0.25, 0.3) is 0 Å². The van der Waals surface area contributed by atoms with Gasteiger partial charge < -0.3 is 19.5 Å². The largest absolute Gasteiger partial charge is 0.497 e. The van der Waals surface area contributed by atoms with E-state index in [2.05, 4.69) is 0 Å². The number of rotatable bonds is 4. The first-order chi connectivity index (χ1) is 6.67. The molecule has 1 aromatic carbocycles. The lowest BCUT2D eigenvalue weighted by Gasteiger charge is -2.08. The zero-order valence-electron chi connectivity index (χ0n) is 8.23. The summed E-state index contributed by atoms with van der Waals surface area (Å²) in [5.41, 5.74) is 0.354. The van der Waals surface area contributed by atoms with E-state index >= 15 is 0 Å². The first-order valence-electron chi connectivity index (χ1n) is 4.35. The van der Waals surface area contributed by atoms with Gasteiger partial charge in [0.2, 0.25) is 0 Å². The van der Waals surface area contributed by atoms with E-state index < -0.39 is 7.12 Å². The number of hydrogen-bond donors (Lipinski definition) is 2. The molecule has 0 spiro atoms. The second-order valence-electron chi connectivity index (χ2n) is 2.75. The average Bonchev–Trinajstić information content (AvgIpc) is 2.17. The molecule has 0 aromatic heterocycles. The molecule has 0 atom stereocenters. The third kappa shape index (κ3) is 2.65. The van der Waals surface area contributed by atoms with Crippen LogP contribution >= 0.6 is 0 Å². The molecule has 0 aliphatic rings. The summed E-state index contributed by atoms with van der Waals surface area (Å²) in [6, 6.07) is 4.80. The van der Waals surface area contributed by atoms with Gasteiger partial charge in [-0.25, -0.2) is 0 Å². The van der Waals surface area contributed by atoms with Crippen molar-refractivity contribution in [3.8, 4) is 11.5 Å². The fourth-order valence-corrected chi connectivity index (χ4v) is 1.11. The second-order valence-corrected chi connectivity index (χ2v) is 2.75. The van der Waals surface area contributed by atoms with Crippen molar-refractivity contribution in [2.75, 3.05) is 13.7 Å². The topological polar surface area (TPSA) is 58.9 Å². The highest BCUT2D eigenvalue weighted by molar-refractivity contribution is 6.58. The van der Waals surface area contributed by atoms with E-state index in [1.165, 1.54) is 7.11 Å². The van der Waals surface area contributed by atoms with E-state index in [0.29, 0.717) is 23.6 Å². The van der Waals surface area contributed by atoms with Crippen molar-refractivity contribution in [2.45, 2.75) is 6.92 Å². The third-order valence-electron chi connectivity index (χ3n) is 1.75. The second kappa shape index (κ2) is 4.88. The molecule has 4 nitrogen and oxygen atoms in total. The van der Waals surface area contributed by atoms with Crippen LogP contribution in [0.3, 0.4) is 0 Å². The highest BCUT2D eigenvalue weighted by atomic mass is 16.5. The van der Waals surface area contributed by atoms with Crippen LogP contribution < -0.4 is 14.9 Å². The molecule has 0 aliphatic carbocycles. The minimum atomic E-state index is -1.51. The van der Waals surface area contributed by atoms with Gasteiger partial charge in [-0.15, -0.1) is 0 Å². The number of benzene rings is 1. The summed E-state index contributed by atoms with van der Waals surface area (Å²) in [6.07, 6.45) is 0. The smallest absolute Gasteiger partial charge is 0.488 e. The van der Waals surface area contributed by atoms with Crippen LogP contribution in [0.25, 0.3) is 0 Å². The van der Waals surface area contributed by atoms with Crippen molar-refractivity contribution >= 4 is 12.6 Å². The summed E-state index contributed by atoms with van der Waals surface area (Å²) < 4.78 is 10.2. The number of ether oxygens (including phenoxy) is 2. The van der Waals surface area contributed by atoms with Crippen LogP contribution in [0.2, 0.25) is 0 Å². The Hall–Kier alpha value is -1.20. The molecule has 0 saturated heterocycles. The first kappa shape index (κ1) is 10.9. The Bertz CT molecular complexity index is 301. The predicted molar refractivity (Wildman–Crippen MR) is 54.0 cm³/mol. The maximum atomic E-state index is 8.98. The molecule has 0 aliphatic heterocycles. The first-order valence-corrected chi connectivity index (χ1v) is 4.35. The van der Waals surface area contributed by atoms with Crippen LogP contribution in [0.1, 0.15) is 6.92 Å². The van der Waals surface area contributed by atoms with Gasteiger partial charge in [-0.2, -0.15) is 0 Å². The lowest BCUT2D eigenvalue weighted by atomic mass is 9.80. The quantitative estimate of drug-likeness (QED) is 0.653. The van der Waals surface area contributed by atoms with Gasteiger partial charge in [-0.3, -0.25) is 0 Å². The fraction of sp³-hybridized carbons (Fsp3) is 0.333. The van der Waals surface area contributed by atoms with Crippen LogP contribution in [0.5, 0.6) is 11.5 Å². The summed E-state index contributed by atoms with van der Waals surface area (Å²) >= 11 is 0. The Morgan fingerprint density at radius 3 is 2.36 bits per heavy atom. The minimum Gasteiger partial charge on any atom is -0.497 e. The molecule has 76 valence electrons. The number of methoxy groups -OCH3 is 1. The fourth-order valence-electron chi connectivity index (χ4n) is 1.11. The molecule has 0 heterocycles. The van der Waals surface area contributed by atoms with Crippen molar-refractivity contribution in [2.24, 2.45) is 0 Å². The lowest BCUT2D eigenvalue weighted by molar-refractivity contribution is 0.336. The Labute approximate surface area is 83.2 Å². The molecule has 5 heteroatoms. The summed E-state index contributed by atoms with van der Waals surface area (Å²) in [5.74, 6) is 1.11. The molecule has 1 rings (SSSR count). The predicted octanol–water partition coefficient (Wildman–Crippen LogP) is -0.226. The molecule has 1 aromatic rings. The standard InChI is InChI=1S/C9H13BO4/c1-3-14-9-5-7(10(11)12)4-8(6-9)13-2/h4-6,11-12H,3H2,1-2H3. The van der Waals surface area contributed by atoms with E-state index in [1.54, 1.807) is 18.2 Å². The molecule has 0 fully saturated rings. The van der Waals surface area contributed by atoms with Crippen molar-refractivity contribution in [3.63, 3.8) is 0 Å². The summed E-state index contributed by atoms with van der Waals surface area (Å²) in [6.45, 7) is 2.38. The van der Waals surface area contributed by atoms with Gasteiger partial charge in [0, 0.05) is 6.07 Å². The Morgan fingerprint density at radius 1 is 1.21 bits per heavy atom. The molecule has 2 N–H and O–H groups in total.